The first-order valence-electron chi connectivity index (χ1n) is 13.0. The van der Waals surface area contributed by atoms with Crippen molar-refractivity contribution in [2.75, 3.05) is 6.54 Å². The summed E-state index contributed by atoms with van der Waals surface area (Å²) in [4.78, 5) is 31.1. The number of aromatic nitrogens is 2. The molecule has 0 saturated heterocycles. The minimum absolute atomic E-state index is 0.0163. The summed E-state index contributed by atoms with van der Waals surface area (Å²) in [5.74, 6) is -5.61. The molecule has 0 bridgehead atoms. The summed E-state index contributed by atoms with van der Waals surface area (Å²) in [6, 6.07) is 4.24. The lowest BCUT2D eigenvalue weighted by Gasteiger charge is -2.31. The van der Waals surface area contributed by atoms with Gasteiger partial charge in [0.25, 0.3) is 0 Å². The second-order valence-electron chi connectivity index (χ2n) is 10.9. The first-order valence-corrected chi connectivity index (χ1v) is 13.7. The van der Waals surface area contributed by atoms with Gasteiger partial charge in [-0.15, -0.1) is 0 Å². The van der Waals surface area contributed by atoms with Crippen molar-refractivity contribution in [3.05, 3.63) is 74.9 Å². The van der Waals surface area contributed by atoms with Crippen molar-refractivity contribution in [3.63, 3.8) is 0 Å². The molecule has 2 aromatic carbocycles. The van der Waals surface area contributed by atoms with Gasteiger partial charge in [-0.1, -0.05) is 35.3 Å². The maximum absolute atomic E-state index is 14.5. The molecule has 15 heteroatoms. The Bertz CT molecular complexity index is 1550. The molecule has 2 amide bonds. The fraction of sp³-hybridized carbons (Fsp3) is 0.393. The zero-order chi connectivity index (χ0) is 31.9. The molecule has 0 unspecified atom stereocenters. The van der Waals surface area contributed by atoms with E-state index in [2.05, 4.69) is 10.3 Å². The van der Waals surface area contributed by atoms with Crippen molar-refractivity contribution in [2.24, 2.45) is 0 Å². The van der Waals surface area contributed by atoms with Gasteiger partial charge in [0.05, 0.1) is 28.0 Å². The van der Waals surface area contributed by atoms with Gasteiger partial charge in [-0.25, -0.2) is 22.9 Å². The van der Waals surface area contributed by atoms with Crippen LogP contribution in [0.5, 0.6) is 0 Å². The lowest BCUT2D eigenvalue weighted by atomic mass is 10.0. The molecular weight excluding hydrogens is 625 g/mol. The number of fused-ring (bicyclic) bond motifs is 1. The number of carbonyl (C=O) groups excluding carboxylic acids is 2. The van der Waals surface area contributed by atoms with E-state index in [0.717, 1.165) is 4.57 Å². The third-order valence-electron chi connectivity index (χ3n) is 6.52. The molecule has 1 N–H and O–H groups in total. The van der Waals surface area contributed by atoms with Crippen LogP contribution in [0.3, 0.4) is 0 Å². The van der Waals surface area contributed by atoms with Crippen LogP contribution in [0.4, 0.5) is 31.1 Å². The molecule has 7 nitrogen and oxygen atoms in total. The maximum Gasteiger partial charge on any atom is 0.449 e. The number of carbonyl (C=O) groups is 2. The molecule has 0 fully saturated rings. The van der Waals surface area contributed by atoms with Crippen LogP contribution in [0.15, 0.2) is 30.3 Å². The van der Waals surface area contributed by atoms with Gasteiger partial charge in [0.1, 0.15) is 11.4 Å². The Balaban J connectivity index is 1.63. The lowest BCUT2D eigenvalue weighted by Crippen LogP contribution is -2.45. The van der Waals surface area contributed by atoms with Crippen LogP contribution in [0.2, 0.25) is 10.0 Å². The van der Waals surface area contributed by atoms with Crippen LogP contribution >= 0.6 is 23.2 Å². The number of alkyl halides is 3. The van der Waals surface area contributed by atoms with Crippen molar-refractivity contribution in [1.29, 1.82) is 0 Å². The fourth-order valence-electron chi connectivity index (χ4n) is 4.67. The molecule has 4 rings (SSSR count). The van der Waals surface area contributed by atoms with Gasteiger partial charge in [-0.3, -0.25) is 4.79 Å². The number of ether oxygens (including phenoxy) is 1. The molecule has 3 aromatic rings. The standard InChI is InChI=1S/C28H26Cl2F6N4O3/c1-27(2,3)43-26(42)37-15(9-14-10-19(32)20(33)12-18(14)31)11-22(41)39-7-8-40-21(13-39)24(38-25(40)28(34,35)36)16-5-4-6-17(29)23(16)30/h4-6,10,12,15H,7-9,11,13H2,1-3H3,(H,37,42)/t15-/m1/s1. The van der Waals surface area contributed by atoms with Crippen molar-refractivity contribution >= 4 is 35.2 Å². The molecule has 0 spiro atoms. The van der Waals surface area contributed by atoms with Crippen molar-refractivity contribution in [3.8, 4) is 11.3 Å². The minimum atomic E-state index is -4.80. The summed E-state index contributed by atoms with van der Waals surface area (Å²) in [5.41, 5.74) is -1.15. The molecule has 0 aliphatic carbocycles. The predicted octanol–water partition coefficient (Wildman–Crippen LogP) is 7.16. The topological polar surface area (TPSA) is 76.5 Å². The Morgan fingerprint density at radius 3 is 2.37 bits per heavy atom. The SMILES string of the molecule is CC(C)(C)OC(=O)N[C@@H](CC(=O)N1CCn2c(C(F)(F)F)nc(-c3cccc(Cl)c3Cl)c2C1)Cc1cc(F)c(F)cc1F. The number of nitrogens with one attached hydrogen (secondary N) is 1. The fourth-order valence-corrected chi connectivity index (χ4v) is 5.06. The number of benzene rings is 2. The number of nitrogens with zero attached hydrogens (tertiary/aromatic N) is 3. The van der Waals surface area contributed by atoms with Crippen molar-refractivity contribution in [2.45, 2.75) is 64.5 Å². The predicted molar refractivity (Wildman–Crippen MR) is 146 cm³/mol. The van der Waals surface area contributed by atoms with Gasteiger partial charge in [0.15, 0.2) is 11.6 Å². The molecule has 1 atom stereocenters. The highest BCUT2D eigenvalue weighted by Gasteiger charge is 2.41. The van der Waals surface area contributed by atoms with E-state index in [9.17, 15) is 35.9 Å². The quantitative estimate of drug-likeness (QED) is 0.227. The molecule has 232 valence electrons. The molecule has 1 aromatic heterocycles. The summed E-state index contributed by atoms with van der Waals surface area (Å²) in [6.45, 7) is 4.07. The summed E-state index contributed by atoms with van der Waals surface area (Å²) in [6.07, 6.45) is -6.63. The number of alkyl carbamates (subject to hydrolysis) is 1. The van der Waals surface area contributed by atoms with Crippen LogP contribution in [0, 0.1) is 17.5 Å². The molecular formula is C28H26Cl2F6N4O3. The largest absolute Gasteiger partial charge is 0.449 e. The Labute approximate surface area is 252 Å². The molecule has 0 saturated carbocycles. The van der Waals surface area contributed by atoms with Gasteiger partial charge < -0.3 is 19.5 Å². The third kappa shape index (κ3) is 7.56. The third-order valence-corrected chi connectivity index (χ3v) is 7.34. The second-order valence-corrected chi connectivity index (χ2v) is 11.7. The Morgan fingerprint density at radius 2 is 1.72 bits per heavy atom. The second kappa shape index (κ2) is 12.3. The number of hydrogen-bond donors (Lipinski definition) is 1. The first kappa shape index (κ1) is 32.5. The number of halogens is 8. The van der Waals surface area contributed by atoms with E-state index in [4.69, 9.17) is 27.9 Å². The molecule has 1 aliphatic heterocycles. The zero-order valence-electron chi connectivity index (χ0n) is 23.1. The van der Waals surface area contributed by atoms with Crippen LogP contribution in [-0.4, -0.2) is 44.6 Å². The summed E-state index contributed by atoms with van der Waals surface area (Å²) < 4.78 is 89.7. The average molecular weight is 651 g/mol. The van der Waals surface area contributed by atoms with Gasteiger partial charge in [0.2, 0.25) is 11.7 Å². The van der Waals surface area contributed by atoms with Gasteiger partial charge in [-0.2, -0.15) is 13.2 Å². The van der Waals surface area contributed by atoms with Crippen molar-refractivity contribution in [1.82, 2.24) is 19.8 Å². The van der Waals surface area contributed by atoms with Crippen LogP contribution in [0.25, 0.3) is 11.3 Å². The number of imidazole rings is 1. The molecule has 1 aliphatic rings. The molecule has 0 radical (unpaired) electrons. The smallest absolute Gasteiger partial charge is 0.444 e. The highest BCUT2D eigenvalue weighted by molar-refractivity contribution is 6.43. The maximum atomic E-state index is 14.5. The van der Waals surface area contributed by atoms with Gasteiger partial charge in [0, 0.05) is 37.2 Å². The molecule has 43 heavy (non-hydrogen) atoms. The van der Waals surface area contributed by atoms with Gasteiger partial charge >= 0.3 is 12.3 Å². The Kier molecular flexibility index (Phi) is 9.27. The summed E-state index contributed by atoms with van der Waals surface area (Å²) in [7, 11) is 0. The summed E-state index contributed by atoms with van der Waals surface area (Å²) >= 11 is 12.4. The van der Waals surface area contributed by atoms with E-state index in [-0.39, 0.29) is 52.2 Å². The zero-order valence-corrected chi connectivity index (χ0v) is 24.6. The first-order chi connectivity index (χ1) is 19.9. The van der Waals surface area contributed by atoms with Crippen LogP contribution < -0.4 is 5.32 Å². The average Bonchev–Trinajstić information content (AvgIpc) is 3.27. The number of amides is 2. The summed E-state index contributed by atoms with van der Waals surface area (Å²) in [5, 5.41) is 2.54. The Hall–Kier alpha value is -3.45. The van der Waals surface area contributed by atoms with Gasteiger partial charge in [-0.05, 0) is 44.9 Å². The van der Waals surface area contributed by atoms with E-state index >= 15 is 0 Å². The van der Waals surface area contributed by atoms with E-state index in [0.29, 0.717) is 12.1 Å². The van der Waals surface area contributed by atoms with Crippen LogP contribution in [-0.2, 0) is 35.2 Å². The highest BCUT2D eigenvalue weighted by Crippen LogP contribution is 2.40. The minimum Gasteiger partial charge on any atom is -0.444 e. The normalized spacial score (nSPS) is 14.3. The monoisotopic (exact) mass is 650 g/mol. The number of rotatable bonds is 6. The van der Waals surface area contributed by atoms with E-state index in [1.165, 1.54) is 23.1 Å². The number of hydrogen-bond acceptors (Lipinski definition) is 4. The Morgan fingerprint density at radius 1 is 1.05 bits per heavy atom. The van der Waals surface area contributed by atoms with Crippen LogP contribution in [0.1, 0.15) is 44.3 Å². The molecule has 2 heterocycles. The lowest BCUT2D eigenvalue weighted by molar-refractivity contribution is -0.148. The van der Waals surface area contributed by atoms with Crippen molar-refractivity contribution < 1.29 is 40.7 Å². The van der Waals surface area contributed by atoms with E-state index < -0.39 is 65.9 Å². The van der Waals surface area contributed by atoms with E-state index in [1.54, 1.807) is 20.8 Å². The highest BCUT2D eigenvalue weighted by atomic mass is 35.5. The van der Waals surface area contributed by atoms with E-state index in [1.807, 2.05) is 0 Å².